The number of alkyl halides is 2. The number of urea groups is 1. The van der Waals surface area contributed by atoms with Gasteiger partial charge in [0.1, 0.15) is 11.6 Å². The van der Waals surface area contributed by atoms with Crippen LogP contribution in [0.15, 0.2) is 18.2 Å². The molecule has 0 spiro atoms. The SMILES string of the molecule is COc1ccc(CCNC(=O)NCC(F)F)c(F)c1. The van der Waals surface area contributed by atoms with E-state index >= 15 is 0 Å². The number of benzene rings is 1. The molecule has 0 aliphatic rings. The highest BCUT2D eigenvalue weighted by Crippen LogP contribution is 2.16. The third-order valence-electron chi connectivity index (χ3n) is 2.36. The third kappa shape index (κ3) is 5.50. The third-order valence-corrected chi connectivity index (χ3v) is 2.36. The van der Waals surface area contributed by atoms with Crippen LogP contribution in [-0.2, 0) is 6.42 Å². The second kappa shape index (κ2) is 7.50. The van der Waals surface area contributed by atoms with Gasteiger partial charge in [0, 0.05) is 12.6 Å². The standard InChI is InChI=1S/C12H15F3N2O2/c1-19-9-3-2-8(10(13)6-9)4-5-16-12(18)17-7-11(14)15/h2-3,6,11H,4-5,7H2,1H3,(H2,16,17,18). The normalized spacial score (nSPS) is 10.4. The van der Waals surface area contributed by atoms with Crippen molar-refractivity contribution in [3.05, 3.63) is 29.6 Å². The molecule has 0 atom stereocenters. The molecule has 1 rings (SSSR count). The quantitative estimate of drug-likeness (QED) is 0.834. The van der Waals surface area contributed by atoms with Crippen LogP contribution < -0.4 is 15.4 Å². The molecule has 0 aromatic heterocycles. The Labute approximate surface area is 108 Å². The van der Waals surface area contributed by atoms with Crippen molar-refractivity contribution in [3.8, 4) is 5.75 Å². The van der Waals surface area contributed by atoms with Crippen molar-refractivity contribution < 1.29 is 22.7 Å². The number of amides is 2. The van der Waals surface area contributed by atoms with Gasteiger partial charge in [-0.1, -0.05) is 6.07 Å². The summed E-state index contributed by atoms with van der Waals surface area (Å²) in [5.41, 5.74) is 0.412. The number of ether oxygens (including phenoxy) is 1. The zero-order valence-corrected chi connectivity index (χ0v) is 10.4. The number of rotatable bonds is 6. The summed E-state index contributed by atoms with van der Waals surface area (Å²) in [4.78, 5) is 11.1. The minimum absolute atomic E-state index is 0.151. The molecule has 0 heterocycles. The van der Waals surface area contributed by atoms with Crippen LogP contribution in [0.25, 0.3) is 0 Å². The zero-order chi connectivity index (χ0) is 14.3. The van der Waals surface area contributed by atoms with Gasteiger partial charge in [-0.2, -0.15) is 0 Å². The molecule has 0 unspecified atom stereocenters. The summed E-state index contributed by atoms with van der Waals surface area (Å²) in [6.07, 6.45) is -2.33. The van der Waals surface area contributed by atoms with Crippen LogP contribution in [0.4, 0.5) is 18.0 Å². The van der Waals surface area contributed by atoms with Gasteiger partial charge in [-0.3, -0.25) is 0 Å². The first-order valence-electron chi connectivity index (χ1n) is 5.65. The first-order valence-corrected chi connectivity index (χ1v) is 5.65. The second-order valence-electron chi connectivity index (χ2n) is 3.74. The van der Waals surface area contributed by atoms with E-state index in [9.17, 15) is 18.0 Å². The first-order chi connectivity index (χ1) is 9.02. The highest BCUT2D eigenvalue weighted by atomic mass is 19.3. The molecule has 0 aliphatic heterocycles. The number of carbonyl (C=O) groups is 1. The predicted octanol–water partition coefficient (Wildman–Crippen LogP) is 1.94. The number of carbonyl (C=O) groups excluding carboxylic acids is 1. The largest absolute Gasteiger partial charge is 0.497 e. The van der Waals surface area contributed by atoms with Gasteiger partial charge < -0.3 is 15.4 Å². The van der Waals surface area contributed by atoms with Crippen LogP contribution in [0.3, 0.4) is 0 Å². The number of nitrogens with one attached hydrogen (secondary N) is 2. The highest BCUT2D eigenvalue weighted by Gasteiger charge is 2.07. The van der Waals surface area contributed by atoms with Crippen molar-refractivity contribution in [1.29, 1.82) is 0 Å². The van der Waals surface area contributed by atoms with Crippen molar-refractivity contribution >= 4 is 6.03 Å². The summed E-state index contributed by atoms with van der Waals surface area (Å²) < 4.78 is 42.0. The van der Waals surface area contributed by atoms with Crippen molar-refractivity contribution in [3.63, 3.8) is 0 Å². The smallest absolute Gasteiger partial charge is 0.314 e. The van der Waals surface area contributed by atoms with E-state index in [4.69, 9.17) is 4.74 Å². The Hall–Kier alpha value is -1.92. The van der Waals surface area contributed by atoms with Crippen molar-refractivity contribution in [2.45, 2.75) is 12.8 Å². The summed E-state index contributed by atoms with van der Waals surface area (Å²) in [7, 11) is 1.43. The topological polar surface area (TPSA) is 50.4 Å². The van der Waals surface area contributed by atoms with E-state index < -0.39 is 24.8 Å². The van der Waals surface area contributed by atoms with Gasteiger partial charge in [0.25, 0.3) is 6.43 Å². The molecule has 106 valence electrons. The lowest BCUT2D eigenvalue weighted by molar-refractivity contribution is 0.146. The van der Waals surface area contributed by atoms with Gasteiger partial charge >= 0.3 is 6.03 Å². The fourth-order valence-corrected chi connectivity index (χ4v) is 1.40. The number of hydrogen-bond acceptors (Lipinski definition) is 2. The lowest BCUT2D eigenvalue weighted by Gasteiger charge is -2.08. The molecule has 0 saturated heterocycles. The molecule has 1 aromatic carbocycles. The molecule has 4 nitrogen and oxygen atoms in total. The van der Waals surface area contributed by atoms with E-state index in [0.717, 1.165) is 0 Å². The lowest BCUT2D eigenvalue weighted by atomic mass is 10.1. The van der Waals surface area contributed by atoms with Gasteiger partial charge in [0.2, 0.25) is 0 Å². The van der Waals surface area contributed by atoms with Crippen molar-refractivity contribution in [2.24, 2.45) is 0 Å². The first kappa shape index (κ1) is 15.1. The number of methoxy groups -OCH3 is 1. The fourth-order valence-electron chi connectivity index (χ4n) is 1.40. The number of halogens is 3. The number of hydrogen-bond donors (Lipinski definition) is 2. The summed E-state index contributed by atoms with van der Waals surface area (Å²) in [5.74, 6) is -0.0296. The van der Waals surface area contributed by atoms with E-state index in [1.807, 2.05) is 5.32 Å². The summed E-state index contributed by atoms with van der Waals surface area (Å²) in [5, 5.41) is 4.35. The molecule has 0 fully saturated rings. The molecule has 1 aromatic rings. The Morgan fingerprint density at radius 1 is 1.37 bits per heavy atom. The van der Waals surface area contributed by atoms with E-state index in [0.29, 0.717) is 11.3 Å². The van der Waals surface area contributed by atoms with E-state index in [1.165, 1.54) is 13.2 Å². The maximum Gasteiger partial charge on any atom is 0.314 e. The van der Waals surface area contributed by atoms with Gasteiger partial charge in [-0.05, 0) is 18.1 Å². The minimum Gasteiger partial charge on any atom is -0.497 e. The van der Waals surface area contributed by atoms with Crippen LogP contribution in [0.5, 0.6) is 5.75 Å². The molecule has 0 saturated carbocycles. The fraction of sp³-hybridized carbons (Fsp3) is 0.417. The van der Waals surface area contributed by atoms with Gasteiger partial charge in [-0.25, -0.2) is 18.0 Å². The molecule has 0 aliphatic carbocycles. The molecule has 19 heavy (non-hydrogen) atoms. The highest BCUT2D eigenvalue weighted by molar-refractivity contribution is 5.73. The van der Waals surface area contributed by atoms with E-state index in [1.54, 1.807) is 12.1 Å². The van der Waals surface area contributed by atoms with Gasteiger partial charge in [-0.15, -0.1) is 0 Å². The van der Waals surface area contributed by atoms with Crippen molar-refractivity contribution in [1.82, 2.24) is 10.6 Å². The van der Waals surface area contributed by atoms with Crippen molar-refractivity contribution in [2.75, 3.05) is 20.2 Å². The maximum atomic E-state index is 13.5. The van der Waals surface area contributed by atoms with Crippen LogP contribution in [0, 0.1) is 5.82 Å². The van der Waals surface area contributed by atoms with Gasteiger partial charge in [0.05, 0.1) is 13.7 Å². The average molecular weight is 276 g/mol. The molecule has 7 heteroatoms. The second-order valence-corrected chi connectivity index (χ2v) is 3.74. The maximum absolute atomic E-state index is 13.5. The average Bonchev–Trinajstić information content (AvgIpc) is 2.38. The van der Waals surface area contributed by atoms with Gasteiger partial charge in [0.15, 0.2) is 0 Å². The van der Waals surface area contributed by atoms with E-state index in [-0.39, 0.29) is 13.0 Å². The monoisotopic (exact) mass is 276 g/mol. The Bertz CT molecular complexity index is 427. The minimum atomic E-state index is -2.59. The van der Waals surface area contributed by atoms with Crippen LogP contribution >= 0.6 is 0 Å². The zero-order valence-electron chi connectivity index (χ0n) is 10.4. The van der Waals surface area contributed by atoms with Crippen LogP contribution in [-0.4, -0.2) is 32.7 Å². The summed E-state index contributed by atoms with van der Waals surface area (Å²) in [6.45, 7) is -0.555. The molecular formula is C12H15F3N2O2. The Morgan fingerprint density at radius 2 is 2.11 bits per heavy atom. The Morgan fingerprint density at radius 3 is 2.68 bits per heavy atom. The summed E-state index contributed by atoms with van der Waals surface area (Å²) in [6, 6.07) is 3.70. The Balaban J connectivity index is 2.35. The van der Waals surface area contributed by atoms with Crippen LogP contribution in [0.1, 0.15) is 5.56 Å². The molecule has 0 bridgehead atoms. The molecule has 2 N–H and O–H groups in total. The van der Waals surface area contributed by atoms with Crippen LogP contribution in [0.2, 0.25) is 0 Å². The van der Waals surface area contributed by atoms with E-state index in [2.05, 4.69) is 5.32 Å². The summed E-state index contributed by atoms with van der Waals surface area (Å²) >= 11 is 0. The lowest BCUT2D eigenvalue weighted by Crippen LogP contribution is -2.38. The Kier molecular flexibility index (Phi) is 5.98. The molecular weight excluding hydrogens is 261 g/mol. The molecule has 0 radical (unpaired) electrons. The molecule has 2 amide bonds. The predicted molar refractivity (Wildman–Crippen MR) is 64.1 cm³/mol.